The zero-order valence-corrected chi connectivity index (χ0v) is 33.4. The van der Waals surface area contributed by atoms with Gasteiger partial charge in [0.1, 0.15) is 5.75 Å². The molecule has 2 heterocycles. The summed E-state index contributed by atoms with van der Waals surface area (Å²) in [5.41, 5.74) is 4.60. The third-order valence-electron chi connectivity index (χ3n) is 9.95. The van der Waals surface area contributed by atoms with E-state index in [1.54, 1.807) is 18.2 Å². The number of hydrogen-bond donors (Lipinski definition) is 1. The second-order valence-electron chi connectivity index (χ2n) is 15.2. The van der Waals surface area contributed by atoms with Crippen LogP contribution in [0.15, 0.2) is 40.9 Å². The van der Waals surface area contributed by atoms with E-state index in [0.29, 0.717) is 38.8 Å². The number of nitrogens with one attached hydrogen (secondary N) is 1. The summed E-state index contributed by atoms with van der Waals surface area (Å²) in [5, 5.41) is 0. The highest BCUT2D eigenvalue weighted by atomic mass is 79.9. The molecule has 9 nitrogen and oxygen atoms in total. The van der Waals surface area contributed by atoms with Crippen LogP contribution in [-0.4, -0.2) is 52.0 Å². The van der Waals surface area contributed by atoms with Crippen LogP contribution in [0.25, 0.3) is 11.1 Å². The van der Waals surface area contributed by atoms with E-state index in [1.165, 1.54) is 7.11 Å². The first-order chi connectivity index (χ1) is 23.2. The van der Waals surface area contributed by atoms with E-state index < -0.39 is 46.0 Å². The van der Waals surface area contributed by atoms with Gasteiger partial charge in [-0.2, -0.15) is 0 Å². The first kappa shape index (κ1) is 38.3. The van der Waals surface area contributed by atoms with Crippen molar-refractivity contribution in [2.75, 3.05) is 18.4 Å². The van der Waals surface area contributed by atoms with E-state index in [-0.39, 0.29) is 11.4 Å². The van der Waals surface area contributed by atoms with Crippen molar-refractivity contribution in [1.29, 1.82) is 0 Å². The molecule has 50 heavy (non-hydrogen) atoms. The van der Waals surface area contributed by atoms with Gasteiger partial charge in [-0.05, 0) is 133 Å². The van der Waals surface area contributed by atoms with Crippen LogP contribution < -0.4 is 14.9 Å². The Labute approximate surface area is 306 Å². The number of carbonyl (C=O) groups excluding carboxylic acids is 1. The molecule has 0 radical (unpaired) electrons. The fraction of sp³-hybridized carbons (Fsp3) is 0.500. The molecule has 2 aliphatic rings. The second kappa shape index (κ2) is 13.9. The highest BCUT2D eigenvalue weighted by Gasteiger charge is 2.53. The van der Waals surface area contributed by atoms with Gasteiger partial charge < -0.3 is 23.5 Å². The number of ether oxygens (including phenoxy) is 3. The van der Waals surface area contributed by atoms with Crippen molar-refractivity contribution >= 4 is 50.2 Å². The Balaban J connectivity index is 1.87. The molecule has 0 unspecified atom stereocenters. The number of halogens is 1. The van der Waals surface area contributed by atoms with Gasteiger partial charge in [0.05, 0.1) is 42.0 Å². The van der Waals surface area contributed by atoms with Gasteiger partial charge in [-0.25, -0.2) is 13.2 Å². The summed E-state index contributed by atoms with van der Waals surface area (Å²) in [6.45, 7) is 19.9. The van der Waals surface area contributed by atoms with Gasteiger partial charge in [0, 0.05) is 15.5 Å². The summed E-state index contributed by atoms with van der Waals surface area (Å²) in [6, 6.07) is 11.2. The molecule has 0 aromatic heterocycles. The highest BCUT2D eigenvalue weighted by molar-refractivity contribution is 9.10. The summed E-state index contributed by atoms with van der Waals surface area (Å²) in [4.78, 5) is 13.8. The summed E-state index contributed by atoms with van der Waals surface area (Å²) in [7, 11) is -3.64. The molecule has 0 saturated carbocycles. The van der Waals surface area contributed by atoms with Crippen LogP contribution in [0.3, 0.4) is 0 Å². The number of esters is 1. The molecule has 5 rings (SSSR count). The Morgan fingerprint density at radius 1 is 1.00 bits per heavy atom. The van der Waals surface area contributed by atoms with Gasteiger partial charge in [-0.1, -0.05) is 40.2 Å². The number of sulfonamides is 1. The minimum absolute atomic E-state index is 0.275. The molecule has 0 amide bonds. The average molecular weight is 771 g/mol. The lowest BCUT2D eigenvalue weighted by molar-refractivity contribution is -0.164. The summed E-state index contributed by atoms with van der Waals surface area (Å²) in [6.07, 6.45) is 0.537. The maximum absolute atomic E-state index is 14.1. The number of fused-ring (bicyclic) bond motifs is 1. The molecule has 1 atom stereocenters. The van der Waals surface area contributed by atoms with E-state index in [9.17, 15) is 13.2 Å². The minimum atomic E-state index is -4.02. The van der Waals surface area contributed by atoms with Gasteiger partial charge in [0.15, 0.2) is 6.10 Å². The summed E-state index contributed by atoms with van der Waals surface area (Å²) < 4.78 is 63.0. The van der Waals surface area contributed by atoms with Crippen molar-refractivity contribution in [2.45, 2.75) is 111 Å². The quantitative estimate of drug-likeness (QED) is 0.175. The van der Waals surface area contributed by atoms with E-state index in [0.717, 1.165) is 40.8 Å². The van der Waals surface area contributed by atoms with Crippen LogP contribution in [0.4, 0.5) is 5.69 Å². The van der Waals surface area contributed by atoms with Crippen molar-refractivity contribution in [1.82, 2.24) is 0 Å². The fourth-order valence-electron chi connectivity index (χ4n) is 6.69. The third kappa shape index (κ3) is 7.51. The zero-order valence-electron chi connectivity index (χ0n) is 31.0. The Hall–Kier alpha value is -2.90. The van der Waals surface area contributed by atoms with Crippen LogP contribution >= 0.6 is 15.9 Å². The van der Waals surface area contributed by atoms with Crippen molar-refractivity contribution in [3.05, 3.63) is 74.3 Å². The fourth-order valence-corrected chi connectivity index (χ4v) is 8.61. The van der Waals surface area contributed by atoms with Gasteiger partial charge in [-0.15, -0.1) is 0 Å². The van der Waals surface area contributed by atoms with Crippen molar-refractivity contribution < 1.29 is 36.7 Å². The Morgan fingerprint density at radius 2 is 1.64 bits per heavy atom. The molecule has 12 heteroatoms. The molecule has 0 spiro atoms. The van der Waals surface area contributed by atoms with Crippen molar-refractivity contribution in [3.63, 3.8) is 0 Å². The molecular formula is C38H49BBrNO8S. The average Bonchev–Trinajstić information content (AvgIpc) is 3.24. The number of methoxy groups -OCH3 is 1. The predicted octanol–water partition coefficient (Wildman–Crippen LogP) is 7.64. The number of rotatable bonds is 9. The number of hydrogen-bond acceptors (Lipinski definition) is 8. The van der Waals surface area contributed by atoms with Gasteiger partial charge in [-0.3, -0.25) is 4.72 Å². The normalized spacial score (nSPS) is 17.6. The molecule has 2 aliphatic heterocycles. The lowest BCUT2D eigenvalue weighted by Crippen LogP contribution is -2.41. The van der Waals surface area contributed by atoms with E-state index >= 15 is 0 Å². The standard InChI is InChI=1S/C38H49BBrNO8S/c1-22-26-16-14-20-46-29(26)19-18-27(22)30-23(2)32(39-48-37(7,8)38(9,10)49-39)33(41-50(43,44)21-25-15-12-13-17-28(25)40)24(3)31(30)34(35(42)45-11)47-36(4,5)6/h12-13,15,17-19,34,41H,14,16,20-21H2,1-11H3/t34-/m0/s1. The van der Waals surface area contributed by atoms with Crippen LogP contribution in [0.1, 0.15) is 94.4 Å². The maximum Gasteiger partial charge on any atom is 0.497 e. The monoisotopic (exact) mass is 769 g/mol. The summed E-state index contributed by atoms with van der Waals surface area (Å²) in [5.74, 6) is -0.0603. The number of benzene rings is 3. The third-order valence-corrected chi connectivity index (χ3v) is 11.9. The lowest BCUT2D eigenvalue weighted by Gasteiger charge is -2.33. The lowest BCUT2D eigenvalue weighted by atomic mass is 9.69. The van der Waals surface area contributed by atoms with Crippen LogP contribution in [0, 0.1) is 20.8 Å². The first-order valence-electron chi connectivity index (χ1n) is 17.0. The van der Waals surface area contributed by atoms with Gasteiger partial charge >= 0.3 is 13.1 Å². The van der Waals surface area contributed by atoms with E-state index in [1.807, 2.05) is 80.5 Å². The van der Waals surface area contributed by atoms with Crippen molar-refractivity contribution in [2.24, 2.45) is 0 Å². The molecular weight excluding hydrogens is 721 g/mol. The van der Waals surface area contributed by atoms with Gasteiger partial charge in [0.25, 0.3) is 0 Å². The largest absolute Gasteiger partial charge is 0.497 e. The first-order valence-corrected chi connectivity index (χ1v) is 19.4. The predicted molar refractivity (Wildman–Crippen MR) is 202 cm³/mol. The number of carbonyl (C=O) groups is 1. The molecule has 3 aromatic carbocycles. The second-order valence-corrected chi connectivity index (χ2v) is 17.7. The molecule has 0 aliphatic carbocycles. The Morgan fingerprint density at radius 3 is 2.24 bits per heavy atom. The topological polar surface area (TPSA) is 109 Å². The SMILES string of the molecule is COC(=O)[C@@H](OC(C)(C)C)c1c(C)c(NS(=O)(=O)Cc2ccccc2Br)c(B2OC(C)(C)C(C)(C)O2)c(C)c1-c1ccc2c(c1C)CCCO2. The molecule has 270 valence electrons. The molecule has 1 saturated heterocycles. The Bertz CT molecular complexity index is 1900. The zero-order chi connectivity index (χ0) is 37.0. The molecule has 0 bridgehead atoms. The molecule has 1 fully saturated rings. The Kier molecular flexibility index (Phi) is 10.7. The van der Waals surface area contributed by atoms with Crippen LogP contribution in [-0.2, 0) is 45.8 Å². The summed E-state index contributed by atoms with van der Waals surface area (Å²) >= 11 is 3.50. The number of anilines is 1. The maximum atomic E-state index is 14.1. The minimum Gasteiger partial charge on any atom is -0.493 e. The van der Waals surface area contributed by atoms with E-state index in [2.05, 4.69) is 27.6 Å². The highest BCUT2D eigenvalue weighted by Crippen LogP contribution is 2.46. The van der Waals surface area contributed by atoms with E-state index in [4.69, 9.17) is 23.5 Å². The van der Waals surface area contributed by atoms with Gasteiger partial charge in [0.2, 0.25) is 10.0 Å². The van der Waals surface area contributed by atoms with Crippen LogP contribution in [0.2, 0.25) is 0 Å². The van der Waals surface area contributed by atoms with Crippen LogP contribution in [0.5, 0.6) is 5.75 Å². The smallest absolute Gasteiger partial charge is 0.493 e. The van der Waals surface area contributed by atoms with Crippen molar-refractivity contribution in [3.8, 4) is 16.9 Å². The molecule has 1 N–H and O–H groups in total. The molecule has 3 aromatic rings.